The van der Waals surface area contributed by atoms with Crippen LogP contribution in [0.3, 0.4) is 0 Å². The SMILES string of the molecule is Fc1cc2nc(CCl)n(CCn3cccn3)c2cc1Br. The van der Waals surface area contributed by atoms with Gasteiger partial charge in [0.25, 0.3) is 0 Å². The monoisotopic (exact) mass is 356 g/mol. The first-order valence-corrected chi connectivity index (χ1v) is 7.39. The predicted molar refractivity (Wildman–Crippen MR) is 79.2 cm³/mol. The minimum absolute atomic E-state index is 0.285. The van der Waals surface area contributed by atoms with Gasteiger partial charge in [-0.2, -0.15) is 5.10 Å². The Morgan fingerprint density at radius 1 is 1.30 bits per heavy atom. The summed E-state index contributed by atoms with van der Waals surface area (Å²) >= 11 is 9.14. The average molecular weight is 358 g/mol. The Kier molecular flexibility index (Phi) is 3.76. The summed E-state index contributed by atoms with van der Waals surface area (Å²) < 4.78 is 17.8. The van der Waals surface area contributed by atoms with E-state index in [0.717, 1.165) is 11.3 Å². The first-order chi connectivity index (χ1) is 9.69. The molecule has 0 amide bonds. The van der Waals surface area contributed by atoms with Crippen LogP contribution in [0.2, 0.25) is 0 Å². The van der Waals surface area contributed by atoms with Crippen molar-refractivity contribution in [3.8, 4) is 0 Å². The Morgan fingerprint density at radius 3 is 2.85 bits per heavy atom. The maximum Gasteiger partial charge on any atom is 0.139 e. The number of rotatable bonds is 4. The molecule has 20 heavy (non-hydrogen) atoms. The molecule has 0 aliphatic heterocycles. The fourth-order valence-electron chi connectivity index (χ4n) is 2.16. The Hall–Kier alpha value is -1.40. The summed E-state index contributed by atoms with van der Waals surface area (Å²) in [6.45, 7) is 1.38. The normalized spacial score (nSPS) is 11.3. The molecular formula is C13H11BrClFN4. The van der Waals surface area contributed by atoms with Crippen LogP contribution in [0, 0.1) is 5.82 Å². The van der Waals surface area contributed by atoms with Crippen LogP contribution < -0.4 is 0 Å². The zero-order chi connectivity index (χ0) is 14.1. The molecule has 0 fully saturated rings. The molecule has 2 heterocycles. The van der Waals surface area contributed by atoms with Gasteiger partial charge < -0.3 is 4.57 Å². The fraction of sp³-hybridized carbons (Fsp3) is 0.231. The van der Waals surface area contributed by atoms with Crippen molar-refractivity contribution in [3.05, 3.63) is 46.7 Å². The quantitative estimate of drug-likeness (QED) is 0.669. The number of aryl methyl sites for hydroxylation is 2. The molecule has 3 aromatic rings. The van der Waals surface area contributed by atoms with Crippen molar-refractivity contribution < 1.29 is 4.39 Å². The molecule has 4 nitrogen and oxygen atoms in total. The molecule has 3 rings (SSSR count). The highest BCUT2D eigenvalue weighted by molar-refractivity contribution is 9.10. The molecule has 0 spiro atoms. The zero-order valence-electron chi connectivity index (χ0n) is 10.4. The van der Waals surface area contributed by atoms with Gasteiger partial charge in [0.1, 0.15) is 11.6 Å². The van der Waals surface area contributed by atoms with Crippen LogP contribution >= 0.6 is 27.5 Å². The lowest BCUT2D eigenvalue weighted by Crippen LogP contribution is -2.10. The van der Waals surface area contributed by atoms with E-state index in [0.29, 0.717) is 23.1 Å². The number of fused-ring (bicyclic) bond motifs is 1. The first-order valence-electron chi connectivity index (χ1n) is 6.06. The number of hydrogen-bond acceptors (Lipinski definition) is 2. The highest BCUT2D eigenvalue weighted by Crippen LogP contribution is 2.25. The number of alkyl halides is 1. The second-order valence-corrected chi connectivity index (χ2v) is 5.46. The van der Waals surface area contributed by atoms with Crippen molar-refractivity contribution in [3.63, 3.8) is 0 Å². The van der Waals surface area contributed by atoms with Gasteiger partial charge >= 0.3 is 0 Å². The van der Waals surface area contributed by atoms with Crippen LogP contribution in [0.15, 0.2) is 35.1 Å². The van der Waals surface area contributed by atoms with Crippen molar-refractivity contribution in [2.45, 2.75) is 19.0 Å². The van der Waals surface area contributed by atoms with E-state index in [1.807, 2.05) is 21.5 Å². The maximum atomic E-state index is 13.6. The standard InChI is InChI=1S/C13H11BrClFN4/c14-9-6-12-11(7-10(9)16)18-13(8-15)20(12)5-4-19-3-1-2-17-19/h1-3,6-7H,4-5,8H2. The third-order valence-electron chi connectivity index (χ3n) is 3.10. The molecule has 0 atom stereocenters. The number of halogens is 3. The maximum absolute atomic E-state index is 13.6. The van der Waals surface area contributed by atoms with E-state index in [9.17, 15) is 4.39 Å². The van der Waals surface area contributed by atoms with Crippen LogP contribution in [0.25, 0.3) is 11.0 Å². The lowest BCUT2D eigenvalue weighted by atomic mass is 10.3. The summed E-state index contributed by atoms with van der Waals surface area (Å²) in [6, 6.07) is 5.02. The van der Waals surface area contributed by atoms with E-state index in [4.69, 9.17) is 11.6 Å². The first kappa shape index (κ1) is 13.6. The highest BCUT2D eigenvalue weighted by Gasteiger charge is 2.12. The average Bonchev–Trinajstić information content (AvgIpc) is 3.05. The number of hydrogen-bond donors (Lipinski definition) is 0. The Morgan fingerprint density at radius 2 is 2.15 bits per heavy atom. The molecule has 0 bridgehead atoms. The molecule has 0 aliphatic carbocycles. The number of aromatic nitrogens is 4. The fourth-order valence-corrected chi connectivity index (χ4v) is 2.69. The molecular weight excluding hydrogens is 347 g/mol. The molecule has 2 aromatic heterocycles. The Balaban J connectivity index is 2.01. The van der Waals surface area contributed by atoms with E-state index in [1.54, 1.807) is 12.3 Å². The van der Waals surface area contributed by atoms with E-state index in [-0.39, 0.29) is 11.7 Å². The Bertz CT molecular complexity index is 738. The second-order valence-electron chi connectivity index (χ2n) is 4.34. The highest BCUT2D eigenvalue weighted by atomic mass is 79.9. The third kappa shape index (κ3) is 2.45. The molecule has 1 aromatic carbocycles. The molecule has 0 N–H and O–H groups in total. The minimum Gasteiger partial charge on any atom is -0.325 e. The van der Waals surface area contributed by atoms with Crippen LogP contribution in [0.5, 0.6) is 0 Å². The smallest absolute Gasteiger partial charge is 0.139 e. The summed E-state index contributed by atoms with van der Waals surface area (Å²) in [5.74, 6) is 0.689. The van der Waals surface area contributed by atoms with Gasteiger partial charge in [0.05, 0.1) is 27.9 Å². The Labute approximate surface area is 128 Å². The molecule has 7 heteroatoms. The van der Waals surface area contributed by atoms with Crippen LogP contribution in [-0.4, -0.2) is 19.3 Å². The van der Waals surface area contributed by atoms with E-state index in [2.05, 4.69) is 26.0 Å². The lowest BCUT2D eigenvalue weighted by molar-refractivity contribution is 0.533. The summed E-state index contributed by atoms with van der Waals surface area (Å²) in [6.07, 6.45) is 3.63. The van der Waals surface area contributed by atoms with E-state index < -0.39 is 0 Å². The summed E-state index contributed by atoms with van der Waals surface area (Å²) in [5, 5.41) is 4.16. The molecule has 0 aliphatic rings. The van der Waals surface area contributed by atoms with Gasteiger partial charge in [-0.05, 0) is 28.1 Å². The van der Waals surface area contributed by atoms with Gasteiger partial charge in [0.15, 0.2) is 0 Å². The van der Waals surface area contributed by atoms with E-state index >= 15 is 0 Å². The van der Waals surface area contributed by atoms with Crippen molar-refractivity contribution in [2.24, 2.45) is 0 Å². The van der Waals surface area contributed by atoms with E-state index in [1.165, 1.54) is 6.07 Å². The van der Waals surface area contributed by atoms with Gasteiger partial charge in [0, 0.05) is 25.0 Å². The topological polar surface area (TPSA) is 35.6 Å². The van der Waals surface area contributed by atoms with Crippen molar-refractivity contribution in [1.82, 2.24) is 19.3 Å². The zero-order valence-corrected chi connectivity index (χ0v) is 12.8. The minimum atomic E-state index is -0.324. The third-order valence-corrected chi connectivity index (χ3v) is 3.95. The molecule has 0 saturated carbocycles. The summed E-state index contributed by atoms with van der Waals surface area (Å²) in [7, 11) is 0. The van der Waals surface area contributed by atoms with Gasteiger partial charge in [0.2, 0.25) is 0 Å². The largest absolute Gasteiger partial charge is 0.325 e. The number of benzene rings is 1. The molecule has 0 unspecified atom stereocenters. The van der Waals surface area contributed by atoms with Gasteiger partial charge in [-0.15, -0.1) is 11.6 Å². The van der Waals surface area contributed by atoms with Crippen molar-refractivity contribution >= 4 is 38.6 Å². The molecule has 104 valence electrons. The molecule has 0 saturated heterocycles. The molecule has 0 radical (unpaired) electrons. The van der Waals surface area contributed by atoms with Crippen molar-refractivity contribution in [2.75, 3.05) is 0 Å². The number of nitrogens with zero attached hydrogens (tertiary/aromatic N) is 4. The van der Waals surface area contributed by atoms with Crippen LogP contribution in [-0.2, 0) is 19.0 Å². The van der Waals surface area contributed by atoms with Crippen LogP contribution in [0.1, 0.15) is 5.82 Å². The van der Waals surface area contributed by atoms with Gasteiger partial charge in [-0.25, -0.2) is 9.37 Å². The van der Waals surface area contributed by atoms with Gasteiger partial charge in [-0.1, -0.05) is 0 Å². The predicted octanol–water partition coefficient (Wildman–Crippen LogP) is 3.57. The van der Waals surface area contributed by atoms with Crippen LogP contribution in [0.4, 0.5) is 4.39 Å². The second kappa shape index (κ2) is 5.54. The van der Waals surface area contributed by atoms with Crippen molar-refractivity contribution in [1.29, 1.82) is 0 Å². The summed E-state index contributed by atoms with van der Waals surface area (Å²) in [5.41, 5.74) is 1.47. The number of imidazole rings is 1. The van der Waals surface area contributed by atoms with Gasteiger partial charge in [-0.3, -0.25) is 4.68 Å². The lowest BCUT2D eigenvalue weighted by Gasteiger charge is -2.08. The summed E-state index contributed by atoms with van der Waals surface area (Å²) in [4.78, 5) is 4.37.